The van der Waals surface area contributed by atoms with Gasteiger partial charge in [0.1, 0.15) is 26.5 Å². The molecule has 0 aliphatic heterocycles. The minimum Gasteiger partial charge on any atom is -0.744 e. The summed E-state index contributed by atoms with van der Waals surface area (Å²) in [5.41, 5.74) is 0.548. The molecule has 2 rings (SSSR count). The van der Waals surface area contributed by atoms with Crippen LogP contribution in [0.1, 0.15) is 70.3 Å². The summed E-state index contributed by atoms with van der Waals surface area (Å²) in [5.74, 6) is 0.613. The first-order chi connectivity index (χ1) is 13.5. The van der Waals surface area contributed by atoms with Crippen LogP contribution in [0.2, 0.25) is 0 Å². The van der Waals surface area contributed by atoms with E-state index in [0.29, 0.717) is 17.7 Å². The Balaban J connectivity index is 0.00000420. The molecule has 0 aliphatic carbocycles. The zero-order chi connectivity index (χ0) is 20.2. The molecule has 2 aromatic carbocycles. The van der Waals surface area contributed by atoms with E-state index in [9.17, 15) is 13.0 Å². The van der Waals surface area contributed by atoms with Crippen molar-refractivity contribution in [2.75, 3.05) is 0 Å². The molecule has 2 aromatic rings. The Hall–Kier alpha value is -0.214. The van der Waals surface area contributed by atoms with E-state index < -0.39 is 10.1 Å². The van der Waals surface area contributed by atoms with E-state index in [2.05, 4.69) is 6.92 Å². The SMILES string of the molecule is CCCCCCCCCCCc1cccc(Oc2ccccc2)c1S(=O)(=O)[O-].[K+]. The quantitative estimate of drug-likeness (QED) is 0.271. The van der Waals surface area contributed by atoms with Crippen molar-refractivity contribution in [3.05, 3.63) is 54.1 Å². The van der Waals surface area contributed by atoms with Crippen LogP contribution >= 0.6 is 0 Å². The molecule has 0 N–H and O–H groups in total. The van der Waals surface area contributed by atoms with Crippen LogP contribution in [0.4, 0.5) is 0 Å². The van der Waals surface area contributed by atoms with Gasteiger partial charge in [0, 0.05) is 0 Å². The average Bonchev–Trinajstić information content (AvgIpc) is 2.67. The van der Waals surface area contributed by atoms with Crippen molar-refractivity contribution < 1.29 is 69.1 Å². The number of hydrogen-bond acceptors (Lipinski definition) is 4. The van der Waals surface area contributed by atoms with Crippen molar-refractivity contribution in [3.8, 4) is 11.5 Å². The van der Waals surface area contributed by atoms with Crippen LogP contribution in [0.3, 0.4) is 0 Å². The third-order valence-corrected chi connectivity index (χ3v) is 5.79. The summed E-state index contributed by atoms with van der Waals surface area (Å²) in [5, 5.41) is 0. The Labute approximate surface area is 218 Å². The van der Waals surface area contributed by atoms with Gasteiger partial charge in [0.15, 0.2) is 0 Å². The van der Waals surface area contributed by atoms with E-state index in [0.717, 1.165) is 19.3 Å². The van der Waals surface area contributed by atoms with Crippen molar-refractivity contribution in [2.45, 2.75) is 76.0 Å². The zero-order valence-electron chi connectivity index (χ0n) is 17.7. The first-order valence-electron chi connectivity index (χ1n) is 10.3. The summed E-state index contributed by atoms with van der Waals surface area (Å²) < 4.78 is 41.4. The molecule has 0 radical (unpaired) electrons. The molecule has 0 heterocycles. The number of hydrogen-bond donors (Lipinski definition) is 0. The number of aryl methyl sites for hydroxylation is 1. The van der Waals surface area contributed by atoms with Crippen LogP contribution in [0, 0.1) is 0 Å². The minimum absolute atomic E-state index is 0. The number of rotatable bonds is 13. The van der Waals surface area contributed by atoms with Gasteiger partial charge < -0.3 is 9.29 Å². The third-order valence-electron chi connectivity index (χ3n) is 4.83. The Bertz CT molecular complexity index is 807. The van der Waals surface area contributed by atoms with E-state index >= 15 is 0 Å². The van der Waals surface area contributed by atoms with Gasteiger partial charge in [-0.15, -0.1) is 0 Å². The fraction of sp³-hybridized carbons (Fsp3) is 0.478. The predicted molar refractivity (Wildman–Crippen MR) is 112 cm³/mol. The van der Waals surface area contributed by atoms with Crippen LogP contribution in [0.15, 0.2) is 53.4 Å². The summed E-state index contributed by atoms with van der Waals surface area (Å²) in [6.07, 6.45) is 11.3. The second-order valence-electron chi connectivity index (χ2n) is 7.19. The van der Waals surface area contributed by atoms with Crippen LogP contribution in [0.25, 0.3) is 0 Å². The van der Waals surface area contributed by atoms with Crippen molar-refractivity contribution in [1.82, 2.24) is 0 Å². The van der Waals surface area contributed by atoms with Gasteiger partial charge in [0.25, 0.3) is 0 Å². The second-order valence-corrected chi connectivity index (χ2v) is 8.51. The maximum absolute atomic E-state index is 11.9. The molecule has 0 atom stereocenters. The predicted octanol–water partition coefficient (Wildman–Crippen LogP) is 3.46. The molecule has 4 nitrogen and oxygen atoms in total. The van der Waals surface area contributed by atoms with Gasteiger partial charge in [-0.05, 0) is 36.6 Å². The van der Waals surface area contributed by atoms with E-state index in [1.807, 2.05) is 6.07 Å². The largest absolute Gasteiger partial charge is 1.00 e. The third kappa shape index (κ3) is 10.1. The molecule has 0 saturated heterocycles. The molecule has 0 unspecified atom stereocenters. The monoisotopic (exact) mass is 442 g/mol. The van der Waals surface area contributed by atoms with Gasteiger partial charge in [0.2, 0.25) is 0 Å². The van der Waals surface area contributed by atoms with Crippen molar-refractivity contribution in [2.24, 2.45) is 0 Å². The normalized spacial score (nSPS) is 11.1. The molecule has 0 saturated carbocycles. The summed E-state index contributed by atoms with van der Waals surface area (Å²) in [7, 11) is -4.62. The van der Waals surface area contributed by atoms with Gasteiger partial charge in [-0.1, -0.05) is 88.6 Å². The van der Waals surface area contributed by atoms with E-state index in [4.69, 9.17) is 4.74 Å². The molecule has 0 bridgehead atoms. The molecule has 0 fully saturated rings. The Morgan fingerprint density at radius 2 is 1.38 bits per heavy atom. The van der Waals surface area contributed by atoms with Crippen molar-refractivity contribution in [3.63, 3.8) is 0 Å². The van der Waals surface area contributed by atoms with Crippen LogP contribution in [-0.4, -0.2) is 13.0 Å². The Kier molecular flexibility index (Phi) is 13.6. The van der Waals surface area contributed by atoms with Crippen LogP contribution in [0.5, 0.6) is 11.5 Å². The van der Waals surface area contributed by atoms with E-state index in [1.54, 1.807) is 36.4 Å². The van der Waals surface area contributed by atoms with Gasteiger partial charge >= 0.3 is 51.4 Å². The molecule has 154 valence electrons. The van der Waals surface area contributed by atoms with Crippen LogP contribution < -0.4 is 56.1 Å². The number of unbranched alkanes of at least 4 members (excludes halogenated alkanes) is 8. The summed E-state index contributed by atoms with van der Waals surface area (Å²) in [6, 6.07) is 13.9. The first-order valence-corrected chi connectivity index (χ1v) is 11.7. The molecule has 0 aliphatic rings. The molecule has 0 aromatic heterocycles. The topological polar surface area (TPSA) is 66.4 Å². The Morgan fingerprint density at radius 1 is 0.793 bits per heavy atom. The van der Waals surface area contributed by atoms with Crippen molar-refractivity contribution >= 4 is 10.1 Å². The zero-order valence-corrected chi connectivity index (χ0v) is 21.7. The van der Waals surface area contributed by atoms with Gasteiger partial charge in [-0.25, -0.2) is 8.42 Å². The maximum Gasteiger partial charge on any atom is 1.00 e. The van der Waals surface area contributed by atoms with Gasteiger partial charge in [-0.3, -0.25) is 0 Å². The molecule has 0 spiro atoms. The van der Waals surface area contributed by atoms with E-state index in [1.165, 1.54) is 44.6 Å². The molecule has 0 amide bonds. The van der Waals surface area contributed by atoms with Crippen molar-refractivity contribution in [1.29, 1.82) is 0 Å². The smallest absolute Gasteiger partial charge is 0.744 e. The van der Waals surface area contributed by atoms with Gasteiger partial charge in [-0.2, -0.15) is 0 Å². The molecular weight excluding hydrogens is 411 g/mol. The molecule has 29 heavy (non-hydrogen) atoms. The Morgan fingerprint density at radius 3 is 1.97 bits per heavy atom. The molecular formula is C23H31KO4S. The fourth-order valence-corrected chi connectivity index (χ4v) is 4.21. The number of para-hydroxylation sites is 1. The first kappa shape index (κ1) is 26.8. The van der Waals surface area contributed by atoms with Gasteiger partial charge in [0.05, 0.1) is 0 Å². The fourth-order valence-electron chi connectivity index (χ4n) is 3.36. The number of benzene rings is 2. The summed E-state index contributed by atoms with van der Waals surface area (Å²) >= 11 is 0. The standard InChI is InChI=1S/C23H32O4S.K/c1-2-3-4-5-6-7-8-9-11-15-20-16-14-19-22(23(20)28(24,25)26)27-21-17-12-10-13-18-21;/h10,12-14,16-19H,2-9,11,15H2,1H3,(H,24,25,26);/q;+1/p-1. The average molecular weight is 443 g/mol. The second kappa shape index (κ2) is 14.7. The maximum atomic E-state index is 11.9. The molecule has 6 heteroatoms. The summed E-state index contributed by atoms with van der Waals surface area (Å²) in [6.45, 7) is 2.22. The minimum atomic E-state index is -4.62. The summed E-state index contributed by atoms with van der Waals surface area (Å²) in [4.78, 5) is -0.224. The van der Waals surface area contributed by atoms with Crippen LogP contribution in [-0.2, 0) is 16.5 Å². The van der Waals surface area contributed by atoms with E-state index in [-0.39, 0.29) is 62.0 Å². The number of ether oxygens (including phenoxy) is 1.